The Kier molecular flexibility index (Phi) is 5.34. The van der Waals surface area contributed by atoms with Gasteiger partial charge in [-0.3, -0.25) is 4.79 Å². The molecule has 1 aromatic rings. The number of thioether (sulfide) groups is 1. The number of benzene rings is 1. The van der Waals surface area contributed by atoms with Crippen LogP contribution in [0.5, 0.6) is 11.5 Å². The minimum Gasteiger partial charge on any atom is -0.492 e. The Morgan fingerprint density at radius 1 is 1.62 bits per heavy atom. The summed E-state index contributed by atoms with van der Waals surface area (Å²) in [7, 11) is 0. The Morgan fingerprint density at radius 2 is 2.43 bits per heavy atom. The van der Waals surface area contributed by atoms with Crippen LogP contribution < -0.4 is 14.8 Å². The van der Waals surface area contributed by atoms with Gasteiger partial charge in [0.15, 0.2) is 0 Å². The Morgan fingerprint density at radius 3 is 3.14 bits per heavy atom. The highest BCUT2D eigenvalue weighted by molar-refractivity contribution is 8.00. The van der Waals surface area contributed by atoms with E-state index in [4.69, 9.17) is 14.7 Å². The quantitative estimate of drug-likeness (QED) is 0.818. The first-order chi connectivity index (χ1) is 10.1. The van der Waals surface area contributed by atoms with Crippen molar-refractivity contribution in [1.82, 2.24) is 0 Å². The summed E-state index contributed by atoms with van der Waals surface area (Å²) in [4.78, 5) is 11.9. The van der Waals surface area contributed by atoms with E-state index in [9.17, 15) is 4.79 Å². The molecule has 1 heterocycles. The largest absolute Gasteiger partial charge is 0.492 e. The predicted octanol–water partition coefficient (Wildman–Crippen LogP) is 2.60. The minimum absolute atomic E-state index is 0.145. The first-order valence-corrected chi connectivity index (χ1v) is 8.00. The first-order valence-electron chi connectivity index (χ1n) is 6.85. The van der Waals surface area contributed by atoms with Crippen molar-refractivity contribution in [3.8, 4) is 17.6 Å². The molecule has 0 saturated heterocycles. The Labute approximate surface area is 128 Å². The zero-order chi connectivity index (χ0) is 15.2. The average Bonchev–Trinajstić information content (AvgIpc) is 2.79. The van der Waals surface area contributed by atoms with Crippen molar-refractivity contribution < 1.29 is 14.3 Å². The highest BCUT2D eigenvalue weighted by Gasteiger charge is 2.22. The van der Waals surface area contributed by atoms with E-state index in [2.05, 4.69) is 5.32 Å². The smallest absolute Gasteiger partial charge is 0.234 e. The summed E-state index contributed by atoms with van der Waals surface area (Å²) < 4.78 is 11.3. The topological polar surface area (TPSA) is 71.3 Å². The van der Waals surface area contributed by atoms with Gasteiger partial charge in [-0.1, -0.05) is 0 Å². The Bertz CT molecular complexity index is 569. The van der Waals surface area contributed by atoms with E-state index in [-0.39, 0.29) is 17.8 Å². The zero-order valence-corrected chi connectivity index (χ0v) is 13.0. The van der Waals surface area contributed by atoms with Gasteiger partial charge in [0.1, 0.15) is 17.6 Å². The number of fused-ring (bicyclic) bond motifs is 1. The summed E-state index contributed by atoms with van der Waals surface area (Å²) >= 11 is 1.28. The van der Waals surface area contributed by atoms with Gasteiger partial charge in [0.05, 0.1) is 29.9 Å². The van der Waals surface area contributed by atoms with Crippen molar-refractivity contribution in [2.45, 2.75) is 26.4 Å². The molecule has 2 rings (SSSR count). The number of rotatable bonds is 6. The molecule has 1 amide bonds. The third-order valence-electron chi connectivity index (χ3n) is 2.97. The van der Waals surface area contributed by atoms with Crippen molar-refractivity contribution in [1.29, 1.82) is 5.26 Å². The monoisotopic (exact) mass is 306 g/mol. The molecule has 5 nitrogen and oxygen atoms in total. The van der Waals surface area contributed by atoms with Crippen LogP contribution in [0.4, 0.5) is 5.69 Å². The molecule has 0 aromatic heterocycles. The lowest BCUT2D eigenvalue weighted by atomic mass is 10.1. The fourth-order valence-corrected chi connectivity index (χ4v) is 2.64. The molecule has 112 valence electrons. The molecule has 0 fully saturated rings. The summed E-state index contributed by atoms with van der Waals surface area (Å²) in [6.45, 7) is 4.44. The van der Waals surface area contributed by atoms with Crippen LogP contribution in [-0.2, 0) is 11.2 Å². The normalized spacial score (nSPS) is 15.8. The van der Waals surface area contributed by atoms with E-state index >= 15 is 0 Å². The van der Waals surface area contributed by atoms with E-state index in [0.717, 1.165) is 17.7 Å². The van der Waals surface area contributed by atoms with Crippen LogP contribution in [0.1, 0.15) is 19.4 Å². The summed E-state index contributed by atoms with van der Waals surface area (Å²) in [6.07, 6.45) is 0.994. The molecule has 1 aliphatic rings. The summed E-state index contributed by atoms with van der Waals surface area (Å²) in [5.41, 5.74) is 1.72. The van der Waals surface area contributed by atoms with Gasteiger partial charge in [0.2, 0.25) is 5.91 Å². The number of amides is 1. The number of hydrogen-bond acceptors (Lipinski definition) is 5. The zero-order valence-electron chi connectivity index (χ0n) is 12.1. The van der Waals surface area contributed by atoms with Crippen molar-refractivity contribution in [3.63, 3.8) is 0 Å². The number of nitrogens with zero attached hydrogens (tertiary/aromatic N) is 1. The number of nitrogens with one attached hydrogen (secondary N) is 1. The lowest BCUT2D eigenvalue weighted by Gasteiger charge is -2.13. The van der Waals surface area contributed by atoms with E-state index in [0.29, 0.717) is 23.8 Å². The maximum Gasteiger partial charge on any atom is 0.234 e. The predicted molar refractivity (Wildman–Crippen MR) is 83.0 cm³/mol. The standard InChI is InChI=1S/C15H18N2O3S/c1-3-19-14-7-11-6-10(2)20-13(11)8-12(14)17-15(18)9-21-5-4-16/h7-8,10H,3,5-6,9H2,1-2H3,(H,17,18). The second kappa shape index (κ2) is 7.23. The summed E-state index contributed by atoms with van der Waals surface area (Å²) in [5, 5.41) is 11.3. The van der Waals surface area contributed by atoms with E-state index in [1.165, 1.54) is 11.8 Å². The number of carbonyl (C=O) groups is 1. The van der Waals surface area contributed by atoms with Crippen LogP contribution >= 0.6 is 11.8 Å². The third-order valence-corrected chi connectivity index (χ3v) is 3.77. The number of hydrogen-bond donors (Lipinski definition) is 1. The second-order valence-corrected chi connectivity index (χ2v) is 5.71. The first kappa shape index (κ1) is 15.5. The average molecular weight is 306 g/mol. The Balaban J connectivity index is 2.12. The lowest BCUT2D eigenvalue weighted by molar-refractivity contribution is -0.113. The lowest BCUT2D eigenvalue weighted by Crippen LogP contribution is -2.15. The molecule has 1 N–H and O–H groups in total. The highest BCUT2D eigenvalue weighted by atomic mass is 32.2. The van der Waals surface area contributed by atoms with Crippen molar-refractivity contribution in [2.24, 2.45) is 0 Å². The van der Waals surface area contributed by atoms with Crippen LogP contribution in [0.3, 0.4) is 0 Å². The molecule has 0 spiro atoms. The molecule has 0 aliphatic carbocycles. The van der Waals surface area contributed by atoms with Gasteiger partial charge in [-0.25, -0.2) is 0 Å². The van der Waals surface area contributed by atoms with Crippen molar-refractivity contribution >= 4 is 23.4 Å². The fraction of sp³-hybridized carbons (Fsp3) is 0.467. The number of nitriles is 1. The fourth-order valence-electron chi connectivity index (χ4n) is 2.19. The Hall–Kier alpha value is -1.87. The van der Waals surface area contributed by atoms with Crippen LogP contribution in [-0.4, -0.2) is 30.1 Å². The summed E-state index contributed by atoms with van der Waals surface area (Å²) in [6, 6.07) is 5.74. The molecule has 1 unspecified atom stereocenters. The van der Waals surface area contributed by atoms with Gasteiger partial charge in [0, 0.05) is 18.1 Å². The van der Waals surface area contributed by atoms with Gasteiger partial charge in [-0.2, -0.15) is 5.26 Å². The third kappa shape index (κ3) is 4.05. The van der Waals surface area contributed by atoms with Crippen LogP contribution in [0.15, 0.2) is 12.1 Å². The number of ether oxygens (including phenoxy) is 2. The van der Waals surface area contributed by atoms with Crippen LogP contribution in [0, 0.1) is 11.3 Å². The molecule has 0 saturated carbocycles. The number of carbonyl (C=O) groups excluding carboxylic acids is 1. The SMILES string of the molecule is CCOc1cc2c(cc1NC(=O)CSCC#N)OC(C)C2. The van der Waals surface area contributed by atoms with Gasteiger partial charge < -0.3 is 14.8 Å². The molecule has 0 radical (unpaired) electrons. The molecule has 1 atom stereocenters. The van der Waals surface area contributed by atoms with Gasteiger partial charge in [0.25, 0.3) is 0 Å². The number of anilines is 1. The molecular formula is C15H18N2O3S. The van der Waals surface area contributed by atoms with Gasteiger partial charge in [-0.05, 0) is 19.9 Å². The van der Waals surface area contributed by atoms with Crippen LogP contribution in [0.25, 0.3) is 0 Å². The molecule has 1 aliphatic heterocycles. The van der Waals surface area contributed by atoms with Crippen LogP contribution in [0.2, 0.25) is 0 Å². The molecular weight excluding hydrogens is 288 g/mol. The van der Waals surface area contributed by atoms with E-state index < -0.39 is 0 Å². The maximum absolute atomic E-state index is 11.9. The van der Waals surface area contributed by atoms with Crippen molar-refractivity contribution in [3.05, 3.63) is 17.7 Å². The molecule has 0 bridgehead atoms. The molecule has 1 aromatic carbocycles. The summed E-state index contributed by atoms with van der Waals surface area (Å²) in [5.74, 6) is 1.85. The highest BCUT2D eigenvalue weighted by Crippen LogP contribution is 2.38. The van der Waals surface area contributed by atoms with E-state index in [1.54, 1.807) is 0 Å². The van der Waals surface area contributed by atoms with Crippen molar-refractivity contribution in [2.75, 3.05) is 23.4 Å². The molecule has 21 heavy (non-hydrogen) atoms. The minimum atomic E-state index is -0.151. The van der Waals surface area contributed by atoms with E-state index in [1.807, 2.05) is 32.0 Å². The molecule has 6 heteroatoms. The van der Waals surface area contributed by atoms with Gasteiger partial charge >= 0.3 is 0 Å². The second-order valence-electron chi connectivity index (χ2n) is 4.72. The maximum atomic E-state index is 11.9. The van der Waals surface area contributed by atoms with Gasteiger partial charge in [-0.15, -0.1) is 11.8 Å².